The van der Waals surface area contributed by atoms with Crippen molar-refractivity contribution in [3.8, 4) is 0 Å². The molecule has 0 radical (unpaired) electrons. The van der Waals surface area contributed by atoms with Gasteiger partial charge in [-0.15, -0.1) is 11.8 Å². The van der Waals surface area contributed by atoms with Crippen LogP contribution in [0, 0.1) is 0 Å². The van der Waals surface area contributed by atoms with Crippen molar-refractivity contribution in [2.75, 3.05) is 6.54 Å². The Morgan fingerprint density at radius 3 is 2.33 bits per heavy atom. The molecule has 1 aromatic rings. The Labute approximate surface area is 128 Å². The second-order valence-corrected chi connectivity index (χ2v) is 6.69. The molecular formula is C17H17NO2S. The van der Waals surface area contributed by atoms with E-state index in [0.717, 1.165) is 19.3 Å². The Morgan fingerprint density at radius 1 is 1.10 bits per heavy atom. The second-order valence-electron chi connectivity index (χ2n) is 5.26. The molecule has 1 unspecified atom stereocenters. The smallest absolute Gasteiger partial charge is 0.253 e. The summed E-state index contributed by atoms with van der Waals surface area (Å²) in [5, 5.41) is 0.215. The number of imide groups is 1. The maximum absolute atomic E-state index is 11.7. The van der Waals surface area contributed by atoms with Gasteiger partial charge in [-0.1, -0.05) is 36.4 Å². The lowest BCUT2D eigenvalue weighted by Gasteiger charge is -2.25. The minimum atomic E-state index is -0.193. The van der Waals surface area contributed by atoms with Gasteiger partial charge in [-0.05, 0) is 29.7 Å². The average Bonchev–Trinajstić information content (AvgIpc) is 2.75. The fraction of sp³-hybridized carbons (Fsp3) is 0.294. The van der Waals surface area contributed by atoms with Crippen LogP contribution in [0.4, 0.5) is 0 Å². The summed E-state index contributed by atoms with van der Waals surface area (Å²) >= 11 is 1.80. The molecule has 108 valence electrons. The van der Waals surface area contributed by atoms with Gasteiger partial charge in [0, 0.05) is 23.9 Å². The zero-order valence-electron chi connectivity index (χ0n) is 11.7. The lowest BCUT2D eigenvalue weighted by Crippen LogP contribution is -2.36. The Morgan fingerprint density at radius 2 is 1.76 bits per heavy atom. The number of carbonyl (C=O) groups is 2. The normalized spacial score (nSPS) is 18.7. The van der Waals surface area contributed by atoms with Crippen LogP contribution in [0.1, 0.15) is 18.4 Å². The number of nitrogens with zero attached hydrogens (tertiary/aromatic N) is 1. The number of hydrogen-bond acceptors (Lipinski definition) is 3. The van der Waals surface area contributed by atoms with E-state index in [2.05, 4.69) is 18.2 Å². The molecule has 1 atom stereocenters. The van der Waals surface area contributed by atoms with Crippen molar-refractivity contribution in [3.05, 3.63) is 59.0 Å². The van der Waals surface area contributed by atoms with Crippen LogP contribution < -0.4 is 0 Å². The molecule has 0 spiro atoms. The van der Waals surface area contributed by atoms with Crippen LogP contribution in [0.15, 0.2) is 53.5 Å². The standard InChI is InChI=1S/C17H17NO2S/c19-16-9-10-17(20)18(16)12-15(21-14-7-4-8-14)11-13-5-2-1-3-6-13/h1-3,5-7,9-10,15H,4,8,11-12H2. The summed E-state index contributed by atoms with van der Waals surface area (Å²) < 4.78 is 0. The Bertz CT molecular complexity index is 588. The van der Waals surface area contributed by atoms with Gasteiger partial charge in [0.25, 0.3) is 11.8 Å². The van der Waals surface area contributed by atoms with Crippen LogP contribution in [-0.4, -0.2) is 28.5 Å². The summed E-state index contributed by atoms with van der Waals surface area (Å²) in [6.07, 6.45) is 8.07. The Kier molecular flexibility index (Phi) is 4.25. The van der Waals surface area contributed by atoms with Crippen LogP contribution in [0.5, 0.6) is 0 Å². The topological polar surface area (TPSA) is 37.4 Å². The predicted molar refractivity (Wildman–Crippen MR) is 84.7 cm³/mol. The molecule has 0 N–H and O–H groups in total. The molecule has 1 aliphatic carbocycles. The molecule has 1 aromatic carbocycles. The molecule has 2 amide bonds. The largest absolute Gasteiger partial charge is 0.274 e. The van der Waals surface area contributed by atoms with E-state index in [-0.39, 0.29) is 17.1 Å². The van der Waals surface area contributed by atoms with E-state index in [0.29, 0.717) is 6.54 Å². The van der Waals surface area contributed by atoms with Gasteiger partial charge in [-0.25, -0.2) is 0 Å². The first-order valence-corrected chi connectivity index (χ1v) is 8.03. The van der Waals surface area contributed by atoms with Crippen molar-refractivity contribution in [1.29, 1.82) is 0 Å². The van der Waals surface area contributed by atoms with E-state index >= 15 is 0 Å². The van der Waals surface area contributed by atoms with Gasteiger partial charge in [0.05, 0.1) is 0 Å². The van der Waals surface area contributed by atoms with Crippen LogP contribution in [0.2, 0.25) is 0 Å². The molecule has 4 heteroatoms. The van der Waals surface area contributed by atoms with Gasteiger partial charge in [-0.2, -0.15) is 0 Å². The van der Waals surface area contributed by atoms with E-state index in [4.69, 9.17) is 0 Å². The summed E-state index contributed by atoms with van der Waals surface area (Å²) in [6, 6.07) is 10.2. The molecule has 1 aliphatic heterocycles. The van der Waals surface area contributed by atoms with Gasteiger partial charge in [0.1, 0.15) is 0 Å². The minimum absolute atomic E-state index is 0.193. The third-order valence-electron chi connectivity index (χ3n) is 3.67. The second kappa shape index (κ2) is 6.31. The number of benzene rings is 1. The molecule has 0 bridgehead atoms. The van der Waals surface area contributed by atoms with Crippen molar-refractivity contribution in [2.24, 2.45) is 0 Å². The highest BCUT2D eigenvalue weighted by Crippen LogP contribution is 2.34. The highest BCUT2D eigenvalue weighted by atomic mass is 32.2. The average molecular weight is 299 g/mol. The molecule has 0 aromatic heterocycles. The molecule has 1 heterocycles. The first-order chi connectivity index (χ1) is 10.2. The van der Waals surface area contributed by atoms with E-state index in [1.165, 1.54) is 27.5 Å². The number of hydrogen-bond donors (Lipinski definition) is 0. The molecule has 0 saturated heterocycles. The highest BCUT2D eigenvalue weighted by molar-refractivity contribution is 8.03. The van der Waals surface area contributed by atoms with E-state index in [1.807, 2.05) is 18.2 Å². The lowest BCUT2D eigenvalue weighted by atomic mass is 10.1. The van der Waals surface area contributed by atoms with Crippen molar-refractivity contribution in [3.63, 3.8) is 0 Å². The summed E-state index contributed by atoms with van der Waals surface area (Å²) in [5.41, 5.74) is 1.24. The minimum Gasteiger partial charge on any atom is -0.274 e. The van der Waals surface area contributed by atoms with Crippen LogP contribution in [0.3, 0.4) is 0 Å². The number of rotatable bonds is 6. The third-order valence-corrected chi connectivity index (χ3v) is 5.00. The van der Waals surface area contributed by atoms with E-state index in [9.17, 15) is 9.59 Å². The highest BCUT2D eigenvalue weighted by Gasteiger charge is 2.27. The van der Waals surface area contributed by atoms with Gasteiger partial charge < -0.3 is 0 Å². The van der Waals surface area contributed by atoms with Gasteiger partial charge in [-0.3, -0.25) is 14.5 Å². The summed E-state index contributed by atoms with van der Waals surface area (Å²) in [5.74, 6) is -0.387. The van der Waals surface area contributed by atoms with Gasteiger partial charge in [0.15, 0.2) is 0 Å². The maximum Gasteiger partial charge on any atom is 0.253 e. The number of allylic oxidation sites excluding steroid dienone is 2. The van der Waals surface area contributed by atoms with Crippen molar-refractivity contribution < 1.29 is 9.59 Å². The van der Waals surface area contributed by atoms with E-state index < -0.39 is 0 Å². The number of thioether (sulfide) groups is 1. The zero-order chi connectivity index (χ0) is 14.7. The zero-order valence-corrected chi connectivity index (χ0v) is 12.5. The van der Waals surface area contributed by atoms with Crippen molar-refractivity contribution in [2.45, 2.75) is 24.5 Å². The fourth-order valence-electron chi connectivity index (χ4n) is 2.42. The fourth-order valence-corrected chi connectivity index (χ4v) is 3.80. The van der Waals surface area contributed by atoms with E-state index in [1.54, 1.807) is 11.8 Å². The predicted octanol–water partition coefficient (Wildman–Crippen LogP) is 2.93. The van der Waals surface area contributed by atoms with Crippen molar-refractivity contribution >= 4 is 23.6 Å². The molecule has 0 saturated carbocycles. The molecule has 21 heavy (non-hydrogen) atoms. The third kappa shape index (κ3) is 3.45. The van der Waals surface area contributed by atoms with Crippen LogP contribution in [-0.2, 0) is 16.0 Å². The first-order valence-electron chi connectivity index (χ1n) is 7.15. The SMILES string of the molecule is O=C1C=CC(=O)N1CC(Cc1ccccc1)SC1=CCC1. The Hall–Kier alpha value is -1.81. The molecule has 2 aliphatic rings. The number of amides is 2. The monoisotopic (exact) mass is 299 g/mol. The quantitative estimate of drug-likeness (QED) is 0.758. The van der Waals surface area contributed by atoms with Crippen molar-refractivity contribution in [1.82, 2.24) is 4.90 Å². The molecule has 3 rings (SSSR count). The summed E-state index contributed by atoms with van der Waals surface area (Å²) in [4.78, 5) is 26.2. The summed E-state index contributed by atoms with van der Waals surface area (Å²) in [6.45, 7) is 0.474. The van der Waals surface area contributed by atoms with Crippen LogP contribution in [0.25, 0.3) is 0 Å². The molecule has 0 fully saturated rings. The number of carbonyl (C=O) groups excluding carboxylic acids is 2. The van der Waals surface area contributed by atoms with Gasteiger partial charge in [0.2, 0.25) is 0 Å². The summed E-state index contributed by atoms with van der Waals surface area (Å²) in [7, 11) is 0. The molecule has 3 nitrogen and oxygen atoms in total. The van der Waals surface area contributed by atoms with Crippen LogP contribution >= 0.6 is 11.8 Å². The first kappa shape index (κ1) is 14.1. The molecular weight excluding hydrogens is 282 g/mol. The Balaban J connectivity index is 1.69. The maximum atomic E-state index is 11.7. The van der Waals surface area contributed by atoms with Gasteiger partial charge >= 0.3 is 0 Å². The lowest BCUT2D eigenvalue weighted by molar-refractivity contribution is -0.136.